The maximum atomic E-state index is 13.4. The molecule has 1 saturated heterocycles. The highest BCUT2D eigenvalue weighted by Gasteiger charge is 2.30. The third kappa shape index (κ3) is 5.87. The zero-order valence-electron chi connectivity index (χ0n) is 20.6. The van der Waals surface area contributed by atoms with E-state index in [1.54, 1.807) is 30.3 Å². The molecular formula is C28H28FN5O3. The summed E-state index contributed by atoms with van der Waals surface area (Å²) in [5, 5.41) is 6.92. The highest BCUT2D eigenvalue weighted by atomic mass is 19.1. The molecule has 37 heavy (non-hydrogen) atoms. The molecule has 0 aliphatic carbocycles. The van der Waals surface area contributed by atoms with Crippen molar-refractivity contribution in [3.63, 3.8) is 0 Å². The summed E-state index contributed by atoms with van der Waals surface area (Å²) in [7, 11) is 1.72. The number of ether oxygens (including phenoxy) is 1. The van der Waals surface area contributed by atoms with E-state index >= 15 is 0 Å². The number of hydrogen-bond acceptors (Lipinski definition) is 5. The molecule has 1 aromatic carbocycles. The first kappa shape index (κ1) is 24.7. The average Bonchev–Trinajstić information content (AvgIpc) is 3.34. The average molecular weight is 502 g/mol. The van der Waals surface area contributed by atoms with Crippen LogP contribution in [0.25, 0.3) is 0 Å². The van der Waals surface area contributed by atoms with Crippen molar-refractivity contribution in [2.75, 3.05) is 25.2 Å². The first-order chi connectivity index (χ1) is 18.0. The minimum Gasteiger partial charge on any atom is -0.380 e. The number of likely N-dealkylation sites (N-methyl/N-ethyl adjacent to an activating group) is 1. The SMILES string of the molecule is CN1C(=O)[C@@H](NC(=O)n2cc(Cc3cccc(F)n3)cn2)CCc2ccc(C#CC3CCCOC3)cc21. The zero-order valence-corrected chi connectivity index (χ0v) is 20.6. The topological polar surface area (TPSA) is 89.4 Å². The van der Waals surface area contributed by atoms with Crippen LogP contribution in [0.1, 0.15) is 41.6 Å². The molecule has 9 heteroatoms. The molecule has 2 aliphatic heterocycles. The third-order valence-corrected chi connectivity index (χ3v) is 6.66. The van der Waals surface area contributed by atoms with Crippen LogP contribution in [-0.4, -0.2) is 53.0 Å². The quantitative estimate of drug-likeness (QED) is 0.439. The number of carbonyl (C=O) groups excluding carboxylic acids is 2. The molecule has 1 fully saturated rings. The van der Waals surface area contributed by atoms with Crippen molar-refractivity contribution in [2.45, 2.75) is 38.1 Å². The second kappa shape index (κ2) is 10.9. The van der Waals surface area contributed by atoms with Gasteiger partial charge in [-0.1, -0.05) is 24.0 Å². The van der Waals surface area contributed by atoms with Crippen LogP contribution in [-0.2, 0) is 22.4 Å². The molecule has 3 aromatic rings. The number of benzene rings is 1. The van der Waals surface area contributed by atoms with E-state index in [9.17, 15) is 14.0 Å². The molecule has 5 rings (SSSR count). The summed E-state index contributed by atoms with van der Waals surface area (Å²) in [6, 6.07) is 9.29. The summed E-state index contributed by atoms with van der Waals surface area (Å²) in [5.74, 6) is 6.00. The molecule has 4 heterocycles. The number of nitrogens with one attached hydrogen (secondary N) is 1. The predicted molar refractivity (Wildman–Crippen MR) is 136 cm³/mol. The number of amides is 2. The van der Waals surface area contributed by atoms with E-state index in [2.05, 4.69) is 27.2 Å². The molecule has 2 atom stereocenters. The molecule has 0 saturated carbocycles. The van der Waals surface area contributed by atoms with Crippen molar-refractivity contribution in [1.82, 2.24) is 20.1 Å². The lowest BCUT2D eigenvalue weighted by molar-refractivity contribution is -0.120. The fraction of sp³-hybridized carbons (Fsp3) is 0.357. The van der Waals surface area contributed by atoms with E-state index in [1.165, 1.54) is 12.3 Å². The summed E-state index contributed by atoms with van der Waals surface area (Å²) in [5.41, 5.74) is 3.93. The molecule has 0 bridgehead atoms. The molecule has 0 radical (unpaired) electrons. The molecule has 2 aliphatic rings. The standard InChI is InChI=1S/C28H28FN5O3/c1-33-25-15-19(7-8-20-4-3-13-37-18-20)9-10-22(25)11-12-24(27(33)35)32-28(36)34-17-21(16-30-34)14-23-5-2-6-26(29)31-23/h2,5-6,9-10,15-17,20,24H,3-4,11-14,18H2,1H3,(H,32,36)/t20?,24-/m0/s1. The Labute approximate surface area is 214 Å². The molecule has 2 amide bonds. The van der Waals surface area contributed by atoms with Crippen LogP contribution in [0.4, 0.5) is 14.9 Å². The van der Waals surface area contributed by atoms with E-state index < -0.39 is 18.0 Å². The molecule has 2 aromatic heterocycles. The van der Waals surface area contributed by atoms with Gasteiger partial charge in [0.25, 0.3) is 0 Å². The summed E-state index contributed by atoms with van der Waals surface area (Å²) in [4.78, 5) is 31.6. The molecular weight excluding hydrogens is 473 g/mol. The summed E-state index contributed by atoms with van der Waals surface area (Å²) in [6.07, 6.45) is 6.60. The summed E-state index contributed by atoms with van der Waals surface area (Å²) in [6.45, 7) is 1.47. The van der Waals surface area contributed by atoms with Gasteiger partial charge >= 0.3 is 6.03 Å². The van der Waals surface area contributed by atoms with Crippen molar-refractivity contribution < 1.29 is 18.7 Å². The van der Waals surface area contributed by atoms with Gasteiger partial charge in [-0.15, -0.1) is 0 Å². The maximum Gasteiger partial charge on any atom is 0.342 e. The van der Waals surface area contributed by atoms with E-state index in [1.807, 2.05) is 18.2 Å². The normalized spacial score (nSPS) is 19.4. The fourth-order valence-electron chi connectivity index (χ4n) is 4.65. The number of nitrogens with zero attached hydrogens (tertiary/aromatic N) is 4. The van der Waals surface area contributed by atoms with Crippen molar-refractivity contribution in [3.05, 3.63) is 77.1 Å². The van der Waals surface area contributed by atoms with Gasteiger partial charge < -0.3 is 15.0 Å². The van der Waals surface area contributed by atoms with Crippen molar-refractivity contribution >= 4 is 17.6 Å². The number of rotatable bonds is 3. The lowest BCUT2D eigenvalue weighted by Gasteiger charge is -2.22. The lowest BCUT2D eigenvalue weighted by atomic mass is 10.0. The van der Waals surface area contributed by atoms with Crippen molar-refractivity contribution in [2.24, 2.45) is 5.92 Å². The van der Waals surface area contributed by atoms with E-state index in [-0.39, 0.29) is 11.8 Å². The van der Waals surface area contributed by atoms with Crippen LogP contribution >= 0.6 is 0 Å². The van der Waals surface area contributed by atoms with Crippen LogP contribution < -0.4 is 10.2 Å². The Kier molecular flexibility index (Phi) is 7.28. The van der Waals surface area contributed by atoms with Crippen LogP contribution in [0.5, 0.6) is 0 Å². The van der Waals surface area contributed by atoms with E-state index in [0.29, 0.717) is 37.1 Å². The Morgan fingerprint density at radius 3 is 2.97 bits per heavy atom. The number of aryl methyl sites for hydroxylation is 1. The maximum absolute atomic E-state index is 13.4. The number of carbonyl (C=O) groups is 2. The van der Waals surface area contributed by atoms with Crippen LogP contribution in [0, 0.1) is 23.7 Å². The molecule has 8 nitrogen and oxygen atoms in total. The minimum absolute atomic E-state index is 0.200. The Bertz CT molecular complexity index is 1370. The van der Waals surface area contributed by atoms with Crippen molar-refractivity contribution in [3.8, 4) is 11.8 Å². The second-order valence-corrected chi connectivity index (χ2v) is 9.39. The monoisotopic (exact) mass is 501 g/mol. The first-order valence-corrected chi connectivity index (χ1v) is 12.4. The number of pyridine rings is 1. The number of aromatic nitrogens is 3. The molecule has 1 N–H and O–H groups in total. The van der Waals surface area contributed by atoms with Gasteiger partial charge in [-0.3, -0.25) is 4.79 Å². The Balaban J connectivity index is 1.25. The number of halogens is 1. The Morgan fingerprint density at radius 1 is 1.27 bits per heavy atom. The number of fused-ring (bicyclic) bond motifs is 1. The van der Waals surface area contributed by atoms with Crippen LogP contribution in [0.2, 0.25) is 0 Å². The Hall–Kier alpha value is -4.03. The summed E-state index contributed by atoms with van der Waals surface area (Å²) >= 11 is 0. The van der Waals surface area contributed by atoms with E-state index in [0.717, 1.165) is 40.9 Å². The third-order valence-electron chi connectivity index (χ3n) is 6.66. The van der Waals surface area contributed by atoms with Gasteiger partial charge in [0.2, 0.25) is 11.9 Å². The molecule has 1 unspecified atom stereocenters. The fourth-order valence-corrected chi connectivity index (χ4v) is 4.65. The summed E-state index contributed by atoms with van der Waals surface area (Å²) < 4.78 is 20.0. The van der Waals surface area contributed by atoms with Gasteiger partial charge in [0.15, 0.2) is 0 Å². The largest absolute Gasteiger partial charge is 0.380 e. The highest BCUT2D eigenvalue weighted by molar-refractivity contribution is 6.00. The van der Waals surface area contributed by atoms with Gasteiger partial charge in [-0.2, -0.15) is 14.2 Å². The number of anilines is 1. The van der Waals surface area contributed by atoms with Gasteiger partial charge in [0.05, 0.1) is 12.8 Å². The molecule has 190 valence electrons. The Morgan fingerprint density at radius 2 is 2.16 bits per heavy atom. The lowest BCUT2D eigenvalue weighted by Crippen LogP contribution is -2.48. The highest BCUT2D eigenvalue weighted by Crippen LogP contribution is 2.27. The zero-order chi connectivity index (χ0) is 25.8. The first-order valence-electron chi connectivity index (χ1n) is 12.4. The number of hydrogen-bond donors (Lipinski definition) is 1. The van der Waals surface area contributed by atoms with Gasteiger partial charge in [-0.25, -0.2) is 9.78 Å². The van der Waals surface area contributed by atoms with Crippen LogP contribution in [0.3, 0.4) is 0 Å². The second-order valence-electron chi connectivity index (χ2n) is 9.39. The van der Waals surface area contributed by atoms with Gasteiger partial charge in [0, 0.05) is 49.1 Å². The van der Waals surface area contributed by atoms with Gasteiger partial charge in [0.1, 0.15) is 6.04 Å². The van der Waals surface area contributed by atoms with Crippen molar-refractivity contribution in [1.29, 1.82) is 0 Å². The minimum atomic E-state index is -0.698. The van der Waals surface area contributed by atoms with Crippen LogP contribution in [0.15, 0.2) is 48.8 Å². The molecule has 0 spiro atoms. The van der Waals surface area contributed by atoms with E-state index in [4.69, 9.17) is 4.74 Å². The predicted octanol–water partition coefficient (Wildman–Crippen LogP) is 3.32. The van der Waals surface area contributed by atoms with Gasteiger partial charge in [-0.05, 0) is 61.1 Å². The smallest absolute Gasteiger partial charge is 0.342 e.